The van der Waals surface area contributed by atoms with Gasteiger partial charge in [-0.05, 0) is 50.6 Å². The highest BCUT2D eigenvalue weighted by atomic mass is 16.2. The van der Waals surface area contributed by atoms with Gasteiger partial charge in [-0.15, -0.1) is 0 Å². The summed E-state index contributed by atoms with van der Waals surface area (Å²) in [6, 6.07) is 17.1. The molecule has 134 valence electrons. The Morgan fingerprint density at radius 2 is 1.59 bits per heavy atom. The first-order chi connectivity index (χ1) is 13.0. The summed E-state index contributed by atoms with van der Waals surface area (Å²) < 4.78 is 0. The Bertz CT molecular complexity index is 1130. The Morgan fingerprint density at radius 3 is 2.26 bits per heavy atom. The van der Waals surface area contributed by atoms with Crippen molar-refractivity contribution in [1.29, 1.82) is 0 Å². The van der Waals surface area contributed by atoms with E-state index >= 15 is 0 Å². The molecule has 1 aliphatic heterocycles. The van der Waals surface area contributed by atoms with Gasteiger partial charge in [-0.2, -0.15) is 0 Å². The molecule has 0 radical (unpaired) electrons. The molecule has 1 saturated heterocycles. The number of H-pyrrole nitrogens is 1. The van der Waals surface area contributed by atoms with E-state index in [1.54, 1.807) is 18.2 Å². The molecule has 0 aliphatic carbocycles. The van der Waals surface area contributed by atoms with E-state index in [4.69, 9.17) is 0 Å². The van der Waals surface area contributed by atoms with Gasteiger partial charge < -0.3 is 4.98 Å². The number of carbonyl (C=O) groups is 2. The Labute approximate surface area is 157 Å². The van der Waals surface area contributed by atoms with Gasteiger partial charge in [-0.1, -0.05) is 42.0 Å². The molecule has 1 aliphatic rings. The van der Waals surface area contributed by atoms with Crippen LogP contribution >= 0.6 is 0 Å². The third kappa shape index (κ3) is 2.70. The molecule has 1 aromatic heterocycles. The summed E-state index contributed by atoms with van der Waals surface area (Å²) in [6.07, 6.45) is 1.81. The lowest BCUT2D eigenvalue weighted by Gasteiger charge is -2.12. The van der Waals surface area contributed by atoms with Crippen LogP contribution in [-0.4, -0.2) is 16.8 Å². The van der Waals surface area contributed by atoms with Crippen molar-refractivity contribution >= 4 is 34.5 Å². The second-order valence-electron chi connectivity index (χ2n) is 6.92. The van der Waals surface area contributed by atoms with E-state index in [1.165, 1.54) is 4.90 Å². The zero-order valence-corrected chi connectivity index (χ0v) is 15.5. The highest BCUT2D eigenvalue weighted by Crippen LogP contribution is 2.34. The summed E-state index contributed by atoms with van der Waals surface area (Å²) in [5.41, 5.74) is 5.23. The molecule has 27 heavy (non-hydrogen) atoms. The number of nitrogens with zero attached hydrogens (tertiary/aromatic N) is 1. The lowest BCUT2D eigenvalue weighted by molar-refractivity contribution is -0.119. The number of fused-ring (bicyclic) bond motifs is 1. The number of para-hydroxylation sites is 2. The lowest BCUT2D eigenvalue weighted by Crippen LogP contribution is -2.29. The SMILES string of the molecule is CC(C)=C1C(=O)N(c2ccccc2)C(=O)C1=Cc1[nH]c2ccccc2c1C. The molecule has 0 bridgehead atoms. The van der Waals surface area contributed by atoms with E-state index in [0.717, 1.165) is 27.7 Å². The standard InChI is InChI=1S/C23H20N2O2/c1-14(2)21-18(13-20-15(3)17-11-7-8-12-19(17)24-20)22(26)25(23(21)27)16-9-5-4-6-10-16/h4-13,24H,1-3H3. The fraction of sp³-hybridized carbons (Fsp3) is 0.130. The molecule has 0 spiro atoms. The third-order valence-corrected chi connectivity index (χ3v) is 4.93. The smallest absolute Gasteiger partial charge is 0.266 e. The molecule has 3 aromatic rings. The molecule has 2 amide bonds. The van der Waals surface area contributed by atoms with Crippen molar-refractivity contribution in [3.8, 4) is 0 Å². The summed E-state index contributed by atoms with van der Waals surface area (Å²) in [5, 5.41) is 1.11. The quantitative estimate of drug-likeness (QED) is 0.531. The molecule has 2 aromatic carbocycles. The van der Waals surface area contributed by atoms with Gasteiger partial charge >= 0.3 is 0 Å². The number of anilines is 1. The number of allylic oxidation sites excluding steroid dienone is 1. The number of nitrogens with one attached hydrogen (secondary N) is 1. The molecule has 0 saturated carbocycles. The average Bonchev–Trinajstić information content (AvgIpc) is 3.10. The normalized spacial score (nSPS) is 16.0. The lowest BCUT2D eigenvalue weighted by atomic mass is 10.0. The Hall–Kier alpha value is -3.40. The maximum absolute atomic E-state index is 13.2. The van der Waals surface area contributed by atoms with Crippen molar-refractivity contribution in [2.24, 2.45) is 0 Å². The van der Waals surface area contributed by atoms with Crippen LogP contribution in [0, 0.1) is 6.92 Å². The van der Waals surface area contributed by atoms with Crippen LogP contribution < -0.4 is 4.90 Å². The molecule has 4 heteroatoms. The summed E-state index contributed by atoms with van der Waals surface area (Å²) >= 11 is 0. The Morgan fingerprint density at radius 1 is 0.926 bits per heavy atom. The molecule has 4 nitrogen and oxygen atoms in total. The maximum Gasteiger partial charge on any atom is 0.266 e. The van der Waals surface area contributed by atoms with Gasteiger partial charge in [0.1, 0.15) is 0 Å². The fourth-order valence-corrected chi connectivity index (χ4v) is 3.57. The van der Waals surface area contributed by atoms with Crippen LogP contribution in [0.15, 0.2) is 71.3 Å². The van der Waals surface area contributed by atoms with E-state index in [2.05, 4.69) is 4.98 Å². The first-order valence-electron chi connectivity index (χ1n) is 8.89. The zero-order chi connectivity index (χ0) is 19.1. The van der Waals surface area contributed by atoms with Gasteiger partial charge in [0.25, 0.3) is 11.8 Å². The molecule has 0 atom stereocenters. The highest BCUT2D eigenvalue weighted by molar-refractivity contribution is 6.38. The highest BCUT2D eigenvalue weighted by Gasteiger charge is 2.40. The number of aromatic nitrogens is 1. The van der Waals surface area contributed by atoms with E-state index in [0.29, 0.717) is 16.8 Å². The van der Waals surface area contributed by atoms with Gasteiger partial charge in [0.05, 0.1) is 16.8 Å². The molecule has 1 fully saturated rings. The Kier molecular flexibility index (Phi) is 4.04. The van der Waals surface area contributed by atoms with Crippen LogP contribution in [0.3, 0.4) is 0 Å². The van der Waals surface area contributed by atoms with Gasteiger partial charge in [0.2, 0.25) is 0 Å². The number of aryl methyl sites for hydroxylation is 1. The van der Waals surface area contributed by atoms with Crippen LogP contribution in [0.2, 0.25) is 0 Å². The summed E-state index contributed by atoms with van der Waals surface area (Å²) in [7, 11) is 0. The first kappa shape index (κ1) is 17.0. The molecule has 0 unspecified atom stereocenters. The third-order valence-electron chi connectivity index (χ3n) is 4.93. The molecule has 4 rings (SSSR count). The van der Waals surface area contributed by atoms with Crippen molar-refractivity contribution < 1.29 is 9.59 Å². The summed E-state index contributed by atoms with van der Waals surface area (Å²) in [5.74, 6) is -0.563. The molecular weight excluding hydrogens is 336 g/mol. The molecular formula is C23H20N2O2. The van der Waals surface area contributed by atoms with Crippen LogP contribution in [0.5, 0.6) is 0 Å². The van der Waals surface area contributed by atoms with Crippen LogP contribution in [0.1, 0.15) is 25.1 Å². The number of aromatic amines is 1. The minimum absolute atomic E-state index is 0.272. The number of carbonyl (C=O) groups excluding carboxylic acids is 2. The minimum atomic E-state index is -0.291. The van der Waals surface area contributed by atoms with Crippen molar-refractivity contribution in [3.63, 3.8) is 0 Å². The van der Waals surface area contributed by atoms with Crippen LogP contribution in [-0.2, 0) is 9.59 Å². The van der Waals surface area contributed by atoms with E-state index in [-0.39, 0.29) is 11.8 Å². The predicted octanol–water partition coefficient (Wildman–Crippen LogP) is 4.77. The number of hydrogen-bond donors (Lipinski definition) is 1. The monoisotopic (exact) mass is 356 g/mol. The maximum atomic E-state index is 13.2. The minimum Gasteiger partial charge on any atom is -0.355 e. The van der Waals surface area contributed by atoms with Gasteiger partial charge in [0.15, 0.2) is 0 Å². The zero-order valence-electron chi connectivity index (χ0n) is 15.5. The summed E-state index contributed by atoms with van der Waals surface area (Å²) in [4.78, 5) is 30.8. The predicted molar refractivity (Wildman–Crippen MR) is 108 cm³/mol. The number of benzene rings is 2. The topological polar surface area (TPSA) is 53.2 Å². The number of amides is 2. The van der Waals surface area contributed by atoms with E-state index in [1.807, 2.05) is 63.2 Å². The van der Waals surface area contributed by atoms with Crippen molar-refractivity contribution in [2.45, 2.75) is 20.8 Å². The van der Waals surface area contributed by atoms with Gasteiger partial charge in [0, 0.05) is 16.6 Å². The fourth-order valence-electron chi connectivity index (χ4n) is 3.57. The van der Waals surface area contributed by atoms with Crippen LogP contribution in [0.4, 0.5) is 5.69 Å². The first-order valence-corrected chi connectivity index (χ1v) is 8.89. The second kappa shape index (κ2) is 6.40. The number of hydrogen-bond acceptors (Lipinski definition) is 2. The molecule has 1 N–H and O–H groups in total. The largest absolute Gasteiger partial charge is 0.355 e. The van der Waals surface area contributed by atoms with Crippen molar-refractivity contribution in [2.75, 3.05) is 4.90 Å². The van der Waals surface area contributed by atoms with Crippen molar-refractivity contribution in [3.05, 3.63) is 82.6 Å². The second-order valence-corrected chi connectivity index (χ2v) is 6.92. The van der Waals surface area contributed by atoms with Gasteiger partial charge in [-0.25, -0.2) is 4.90 Å². The number of rotatable bonds is 2. The molecule has 2 heterocycles. The van der Waals surface area contributed by atoms with Crippen LogP contribution in [0.25, 0.3) is 17.0 Å². The van der Waals surface area contributed by atoms with E-state index in [9.17, 15) is 9.59 Å². The number of imide groups is 1. The van der Waals surface area contributed by atoms with Gasteiger partial charge in [-0.3, -0.25) is 9.59 Å². The Balaban J connectivity index is 1.89. The van der Waals surface area contributed by atoms with Crippen molar-refractivity contribution in [1.82, 2.24) is 4.98 Å². The summed E-state index contributed by atoms with van der Waals surface area (Å²) in [6.45, 7) is 5.74. The van der Waals surface area contributed by atoms with E-state index < -0.39 is 0 Å². The average molecular weight is 356 g/mol.